The molecule has 172 valence electrons. The molecule has 1 fully saturated rings. The first kappa shape index (κ1) is 23.1. The van der Waals surface area contributed by atoms with Crippen LogP contribution in [0.15, 0.2) is 42.2 Å². The molecule has 0 spiro atoms. The fourth-order valence-corrected chi connectivity index (χ4v) is 5.72. The van der Waals surface area contributed by atoms with Crippen LogP contribution in [0.3, 0.4) is 0 Å². The average Bonchev–Trinajstić information content (AvgIpc) is 3.56. The Kier molecular flexibility index (Phi) is 5.82. The maximum Gasteiger partial charge on any atom is 0.0958 e. The Bertz CT molecular complexity index is 1030. The standard InChI is InChI=1S/C30H40O2/c1-20-18-25-26(29(5,6)14-13-28(25,3)4)19-24(20)30(15-16-30)23-11-9-22(10-12-23)21(2)27(32)8-7-17-31/h9-12,18-19,31-32H,7-8,13-17H2,1-6H3/b27-21-. The van der Waals surface area contributed by atoms with E-state index in [0.717, 1.165) is 11.1 Å². The summed E-state index contributed by atoms with van der Waals surface area (Å²) in [6.07, 6.45) is 6.00. The van der Waals surface area contributed by atoms with Crippen molar-refractivity contribution in [3.63, 3.8) is 0 Å². The summed E-state index contributed by atoms with van der Waals surface area (Å²) in [5, 5.41) is 19.4. The predicted octanol–water partition coefficient (Wildman–Crippen LogP) is 7.49. The van der Waals surface area contributed by atoms with Crippen molar-refractivity contribution in [1.29, 1.82) is 0 Å². The van der Waals surface area contributed by atoms with Gasteiger partial charge in [0, 0.05) is 18.4 Å². The third kappa shape index (κ3) is 3.92. The number of fused-ring (bicyclic) bond motifs is 1. The number of rotatable bonds is 6. The third-order valence-corrected chi connectivity index (χ3v) is 8.34. The fourth-order valence-electron chi connectivity index (χ4n) is 5.72. The first-order valence-electron chi connectivity index (χ1n) is 12.3. The van der Waals surface area contributed by atoms with Gasteiger partial charge >= 0.3 is 0 Å². The van der Waals surface area contributed by atoms with Gasteiger partial charge in [-0.05, 0) is 95.7 Å². The first-order valence-corrected chi connectivity index (χ1v) is 12.3. The van der Waals surface area contributed by atoms with Gasteiger partial charge in [-0.2, -0.15) is 0 Å². The van der Waals surface area contributed by atoms with Crippen molar-refractivity contribution in [1.82, 2.24) is 0 Å². The summed E-state index contributed by atoms with van der Waals surface area (Å²) in [5.74, 6) is 0.378. The predicted molar refractivity (Wildman–Crippen MR) is 134 cm³/mol. The van der Waals surface area contributed by atoms with E-state index in [0.29, 0.717) is 18.6 Å². The van der Waals surface area contributed by atoms with Crippen molar-refractivity contribution in [3.8, 4) is 0 Å². The minimum absolute atomic E-state index is 0.104. The Morgan fingerprint density at radius 1 is 0.844 bits per heavy atom. The van der Waals surface area contributed by atoms with Crippen LogP contribution in [0.25, 0.3) is 5.57 Å². The Morgan fingerprint density at radius 2 is 1.41 bits per heavy atom. The number of aliphatic hydroxyl groups is 2. The Balaban J connectivity index is 1.71. The zero-order valence-corrected chi connectivity index (χ0v) is 20.8. The molecule has 2 heteroatoms. The van der Waals surface area contributed by atoms with Crippen LogP contribution in [0.1, 0.15) is 107 Å². The van der Waals surface area contributed by atoms with Gasteiger partial charge < -0.3 is 10.2 Å². The molecule has 0 amide bonds. The Hall–Kier alpha value is -2.06. The molecule has 32 heavy (non-hydrogen) atoms. The number of allylic oxidation sites excluding steroid dienone is 2. The van der Waals surface area contributed by atoms with Crippen LogP contribution in [0.4, 0.5) is 0 Å². The molecule has 0 bridgehead atoms. The first-order chi connectivity index (χ1) is 15.0. The lowest BCUT2D eigenvalue weighted by Crippen LogP contribution is -2.34. The molecule has 0 saturated heterocycles. The summed E-state index contributed by atoms with van der Waals surface area (Å²) in [5.41, 5.74) is 9.97. The highest BCUT2D eigenvalue weighted by molar-refractivity contribution is 5.66. The van der Waals surface area contributed by atoms with Gasteiger partial charge in [-0.1, -0.05) is 64.1 Å². The molecular weight excluding hydrogens is 392 g/mol. The normalized spacial score (nSPS) is 21.0. The van der Waals surface area contributed by atoms with Crippen molar-refractivity contribution >= 4 is 5.57 Å². The van der Waals surface area contributed by atoms with Crippen molar-refractivity contribution in [2.75, 3.05) is 6.61 Å². The van der Waals surface area contributed by atoms with Crippen LogP contribution >= 0.6 is 0 Å². The summed E-state index contributed by atoms with van der Waals surface area (Å²) in [6, 6.07) is 13.9. The lowest BCUT2D eigenvalue weighted by Gasteiger charge is -2.43. The molecular formula is C30H40O2. The number of aliphatic hydroxyl groups excluding tert-OH is 2. The van der Waals surface area contributed by atoms with E-state index in [9.17, 15) is 5.11 Å². The zero-order chi connectivity index (χ0) is 23.3. The molecule has 1 saturated carbocycles. The van der Waals surface area contributed by atoms with Crippen molar-refractivity contribution < 1.29 is 10.2 Å². The minimum atomic E-state index is 0.104. The highest BCUT2D eigenvalue weighted by Crippen LogP contribution is 2.56. The van der Waals surface area contributed by atoms with E-state index in [-0.39, 0.29) is 22.9 Å². The molecule has 2 aliphatic carbocycles. The smallest absolute Gasteiger partial charge is 0.0958 e. The van der Waals surface area contributed by atoms with E-state index >= 15 is 0 Å². The maximum atomic E-state index is 10.3. The van der Waals surface area contributed by atoms with Crippen LogP contribution in [-0.2, 0) is 16.2 Å². The maximum absolute atomic E-state index is 10.3. The van der Waals surface area contributed by atoms with Gasteiger partial charge in [0.25, 0.3) is 0 Å². The molecule has 2 aromatic rings. The molecule has 0 unspecified atom stereocenters. The molecule has 0 aromatic heterocycles. The summed E-state index contributed by atoms with van der Waals surface area (Å²) in [7, 11) is 0. The van der Waals surface area contributed by atoms with Gasteiger partial charge in [0.1, 0.15) is 0 Å². The molecule has 2 aliphatic rings. The second-order valence-corrected chi connectivity index (χ2v) is 11.5. The molecule has 0 aliphatic heterocycles. The SMILES string of the molecule is C/C(=C(/O)CCCO)c1ccc(C2(c3cc4c(cc3C)C(C)(C)CCC4(C)C)CC2)cc1. The summed E-state index contributed by atoms with van der Waals surface area (Å²) < 4.78 is 0. The van der Waals surface area contributed by atoms with Crippen LogP contribution in [0, 0.1) is 6.92 Å². The molecule has 0 heterocycles. The Labute approximate surface area is 194 Å². The summed E-state index contributed by atoms with van der Waals surface area (Å²) in [6.45, 7) is 14.0. The van der Waals surface area contributed by atoms with E-state index in [1.165, 1.54) is 42.4 Å². The molecule has 4 rings (SSSR count). The monoisotopic (exact) mass is 432 g/mol. The van der Waals surface area contributed by atoms with E-state index in [1.54, 1.807) is 11.1 Å². The van der Waals surface area contributed by atoms with Gasteiger partial charge in [-0.25, -0.2) is 0 Å². The quantitative estimate of drug-likeness (QED) is 0.464. The molecule has 0 radical (unpaired) electrons. The van der Waals surface area contributed by atoms with E-state index in [2.05, 4.69) is 71.0 Å². The zero-order valence-electron chi connectivity index (χ0n) is 20.8. The number of aryl methyl sites for hydroxylation is 1. The second-order valence-electron chi connectivity index (χ2n) is 11.5. The molecule has 2 aromatic carbocycles. The van der Waals surface area contributed by atoms with Gasteiger partial charge in [0.2, 0.25) is 0 Å². The van der Waals surface area contributed by atoms with Crippen LogP contribution < -0.4 is 0 Å². The van der Waals surface area contributed by atoms with Crippen molar-refractivity contribution in [3.05, 3.63) is 75.5 Å². The summed E-state index contributed by atoms with van der Waals surface area (Å²) >= 11 is 0. The van der Waals surface area contributed by atoms with Crippen molar-refractivity contribution in [2.24, 2.45) is 0 Å². The van der Waals surface area contributed by atoms with Crippen LogP contribution in [0.5, 0.6) is 0 Å². The lowest BCUT2D eigenvalue weighted by atomic mass is 9.62. The summed E-state index contributed by atoms with van der Waals surface area (Å²) in [4.78, 5) is 0. The minimum Gasteiger partial charge on any atom is -0.512 e. The van der Waals surface area contributed by atoms with Gasteiger partial charge in [0.05, 0.1) is 5.76 Å². The molecule has 2 N–H and O–H groups in total. The number of hydrogen-bond acceptors (Lipinski definition) is 2. The van der Waals surface area contributed by atoms with E-state index in [1.807, 2.05) is 6.92 Å². The number of hydrogen-bond donors (Lipinski definition) is 2. The van der Waals surface area contributed by atoms with E-state index in [4.69, 9.17) is 5.11 Å². The molecule has 0 atom stereocenters. The largest absolute Gasteiger partial charge is 0.512 e. The average molecular weight is 433 g/mol. The van der Waals surface area contributed by atoms with E-state index < -0.39 is 0 Å². The van der Waals surface area contributed by atoms with Crippen LogP contribution in [0.2, 0.25) is 0 Å². The lowest BCUT2D eigenvalue weighted by molar-refractivity contribution is 0.276. The van der Waals surface area contributed by atoms with Crippen LogP contribution in [-0.4, -0.2) is 16.8 Å². The van der Waals surface area contributed by atoms with Gasteiger partial charge in [0.15, 0.2) is 0 Å². The highest BCUT2D eigenvalue weighted by atomic mass is 16.3. The Morgan fingerprint density at radius 3 is 1.94 bits per heavy atom. The fraction of sp³-hybridized carbons (Fsp3) is 0.533. The molecule has 2 nitrogen and oxygen atoms in total. The third-order valence-electron chi connectivity index (χ3n) is 8.34. The second kappa shape index (κ2) is 8.06. The van der Waals surface area contributed by atoms with Gasteiger partial charge in [-0.15, -0.1) is 0 Å². The highest BCUT2D eigenvalue weighted by Gasteiger charge is 2.48. The number of benzene rings is 2. The van der Waals surface area contributed by atoms with Gasteiger partial charge in [-0.3, -0.25) is 0 Å². The van der Waals surface area contributed by atoms with Crippen molar-refractivity contribution in [2.45, 2.75) is 96.3 Å². The topological polar surface area (TPSA) is 40.5 Å².